The van der Waals surface area contributed by atoms with Gasteiger partial charge in [0.25, 0.3) is 0 Å². The zero-order chi connectivity index (χ0) is 12.1. The van der Waals surface area contributed by atoms with E-state index in [1.807, 2.05) is 6.92 Å². The maximum absolute atomic E-state index is 5.59. The molecule has 0 fully saturated rings. The van der Waals surface area contributed by atoms with E-state index in [1.54, 1.807) is 0 Å². The summed E-state index contributed by atoms with van der Waals surface area (Å²) in [7, 11) is 0. The molecule has 0 unspecified atom stereocenters. The average Bonchev–Trinajstić information content (AvgIpc) is 2.73. The van der Waals surface area contributed by atoms with Crippen molar-refractivity contribution in [3.8, 4) is 0 Å². The highest BCUT2D eigenvalue weighted by Gasteiger charge is 2.02. The van der Waals surface area contributed by atoms with Crippen molar-refractivity contribution in [3.05, 3.63) is 36.0 Å². The number of hydrogen-bond acceptors (Lipinski definition) is 2. The first-order chi connectivity index (χ1) is 8.35. The largest absolute Gasteiger partial charge is 0.380 e. The van der Waals surface area contributed by atoms with Crippen LogP contribution in [-0.2, 0) is 17.7 Å². The fourth-order valence-electron chi connectivity index (χ4n) is 2.05. The van der Waals surface area contributed by atoms with Gasteiger partial charge in [0.15, 0.2) is 0 Å². The van der Waals surface area contributed by atoms with E-state index in [4.69, 9.17) is 10.5 Å². The van der Waals surface area contributed by atoms with E-state index in [2.05, 4.69) is 35.0 Å². The first-order valence-electron chi connectivity index (χ1n) is 6.20. The number of fused-ring (bicyclic) bond motifs is 1. The molecule has 3 heteroatoms. The third kappa shape index (κ3) is 2.87. The molecule has 0 aliphatic heterocycles. The first kappa shape index (κ1) is 12.1. The molecule has 0 radical (unpaired) electrons. The highest BCUT2D eigenvalue weighted by molar-refractivity contribution is 5.80. The smallest absolute Gasteiger partial charge is 0.0645 e. The zero-order valence-corrected chi connectivity index (χ0v) is 10.4. The lowest BCUT2D eigenvalue weighted by Crippen LogP contribution is -2.05. The molecule has 92 valence electrons. The van der Waals surface area contributed by atoms with Gasteiger partial charge >= 0.3 is 0 Å². The van der Waals surface area contributed by atoms with E-state index in [0.29, 0.717) is 6.54 Å². The Morgan fingerprint density at radius 1 is 1.29 bits per heavy atom. The standard InChI is InChI=1S/C14H20N2O/c1-2-17-10-9-16-8-6-13-4-3-12(5-7-15)11-14(13)16/h3-4,6,8,11H,2,5,7,9-10,15H2,1H3. The average molecular weight is 232 g/mol. The van der Waals surface area contributed by atoms with Gasteiger partial charge in [-0.1, -0.05) is 12.1 Å². The van der Waals surface area contributed by atoms with Crippen molar-refractivity contribution >= 4 is 10.9 Å². The quantitative estimate of drug-likeness (QED) is 0.775. The normalized spacial score (nSPS) is 11.2. The fraction of sp³-hybridized carbons (Fsp3) is 0.429. The van der Waals surface area contributed by atoms with Gasteiger partial charge < -0.3 is 15.0 Å². The van der Waals surface area contributed by atoms with Gasteiger partial charge in [0.2, 0.25) is 0 Å². The number of benzene rings is 1. The predicted octanol–water partition coefficient (Wildman–Crippen LogP) is 2.18. The van der Waals surface area contributed by atoms with Crippen molar-refractivity contribution in [1.82, 2.24) is 4.57 Å². The van der Waals surface area contributed by atoms with Gasteiger partial charge in [-0.05, 0) is 43.0 Å². The van der Waals surface area contributed by atoms with Gasteiger partial charge in [0.05, 0.1) is 6.61 Å². The molecule has 1 aromatic carbocycles. The molecule has 17 heavy (non-hydrogen) atoms. The minimum atomic E-state index is 0.700. The maximum Gasteiger partial charge on any atom is 0.0645 e. The van der Waals surface area contributed by atoms with Gasteiger partial charge in [0, 0.05) is 24.9 Å². The molecule has 3 nitrogen and oxygen atoms in total. The van der Waals surface area contributed by atoms with Crippen LogP contribution in [-0.4, -0.2) is 24.3 Å². The number of rotatable bonds is 6. The number of aromatic nitrogens is 1. The Hall–Kier alpha value is -1.32. The van der Waals surface area contributed by atoms with Crippen LogP contribution in [0.5, 0.6) is 0 Å². The van der Waals surface area contributed by atoms with E-state index in [0.717, 1.165) is 26.2 Å². The lowest BCUT2D eigenvalue weighted by atomic mass is 10.1. The molecule has 2 aromatic rings. The predicted molar refractivity (Wildman–Crippen MR) is 71.2 cm³/mol. The highest BCUT2D eigenvalue weighted by Crippen LogP contribution is 2.18. The number of nitrogens with two attached hydrogens (primary N) is 1. The van der Waals surface area contributed by atoms with Crippen LogP contribution >= 0.6 is 0 Å². The molecule has 0 aliphatic rings. The van der Waals surface area contributed by atoms with E-state index < -0.39 is 0 Å². The second kappa shape index (κ2) is 5.84. The Balaban J connectivity index is 2.20. The Kier molecular flexibility index (Phi) is 4.18. The van der Waals surface area contributed by atoms with Crippen molar-refractivity contribution in [2.45, 2.75) is 19.9 Å². The minimum Gasteiger partial charge on any atom is -0.380 e. The maximum atomic E-state index is 5.59. The monoisotopic (exact) mass is 232 g/mol. The summed E-state index contributed by atoms with van der Waals surface area (Å²) in [4.78, 5) is 0. The number of hydrogen-bond donors (Lipinski definition) is 1. The summed E-state index contributed by atoms with van der Waals surface area (Å²) >= 11 is 0. The van der Waals surface area contributed by atoms with Crippen LogP contribution in [0, 0.1) is 0 Å². The van der Waals surface area contributed by atoms with Gasteiger partial charge in [0.1, 0.15) is 0 Å². The van der Waals surface area contributed by atoms with Crippen molar-refractivity contribution in [1.29, 1.82) is 0 Å². The van der Waals surface area contributed by atoms with Crippen LogP contribution in [0.1, 0.15) is 12.5 Å². The van der Waals surface area contributed by atoms with Crippen molar-refractivity contribution in [2.75, 3.05) is 19.8 Å². The van der Waals surface area contributed by atoms with Gasteiger partial charge in [-0.3, -0.25) is 0 Å². The Morgan fingerprint density at radius 3 is 2.94 bits per heavy atom. The Morgan fingerprint density at radius 2 is 2.18 bits per heavy atom. The topological polar surface area (TPSA) is 40.2 Å². The lowest BCUT2D eigenvalue weighted by molar-refractivity contribution is 0.140. The van der Waals surface area contributed by atoms with Gasteiger partial charge in [-0.25, -0.2) is 0 Å². The molecule has 0 saturated heterocycles. The third-order valence-corrected chi connectivity index (χ3v) is 2.95. The van der Waals surface area contributed by atoms with Crippen LogP contribution in [0.25, 0.3) is 10.9 Å². The zero-order valence-electron chi connectivity index (χ0n) is 10.4. The molecular weight excluding hydrogens is 212 g/mol. The molecule has 1 heterocycles. The Labute approximate surface area is 102 Å². The van der Waals surface area contributed by atoms with Crippen LogP contribution in [0.3, 0.4) is 0 Å². The van der Waals surface area contributed by atoms with E-state index in [-0.39, 0.29) is 0 Å². The fourth-order valence-corrected chi connectivity index (χ4v) is 2.05. The third-order valence-electron chi connectivity index (χ3n) is 2.95. The molecular formula is C14H20N2O. The summed E-state index contributed by atoms with van der Waals surface area (Å²) in [5, 5.41) is 1.28. The highest BCUT2D eigenvalue weighted by atomic mass is 16.5. The summed E-state index contributed by atoms with van der Waals surface area (Å²) in [6, 6.07) is 8.70. The summed E-state index contributed by atoms with van der Waals surface area (Å²) in [6.45, 7) is 5.17. The molecule has 0 aliphatic carbocycles. The summed E-state index contributed by atoms with van der Waals surface area (Å²) < 4.78 is 7.63. The molecule has 0 amide bonds. The second-order valence-corrected chi connectivity index (χ2v) is 4.14. The van der Waals surface area contributed by atoms with Crippen molar-refractivity contribution in [3.63, 3.8) is 0 Å². The van der Waals surface area contributed by atoms with Crippen molar-refractivity contribution < 1.29 is 4.74 Å². The molecule has 1 aromatic heterocycles. The van der Waals surface area contributed by atoms with E-state index >= 15 is 0 Å². The van der Waals surface area contributed by atoms with Crippen LogP contribution < -0.4 is 5.73 Å². The first-order valence-corrected chi connectivity index (χ1v) is 6.20. The second-order valence-electron chi connectivity index (χ2n) is 4.14. The van der Waals surface area contributed by atoms with Gasteiger partial charge in [-0.2, -0.15) is 0 Å². The molecule has 0 spiro atoms. The van der Waals surface area contributed by atoms with Crippen LogP contribution in [0.4, 0.5) is 0 Å². The summed E-state index contributed by atoms with van der Waals surface area (Å²) in [6.07, 6.45) is 3.06. The molecule has 2 rings (SSSR count). The molecule has 2 N–H and O–H groups in total. The van der Waals surface area contributed by atoms with Crippen LogP contribution in [0.2, 0.25) is 0 Å². The molecule has 0 saturated carbocycles. The lowest BCUT2D eigenvalue weighted by Gasteiger charge is -2.06. The van der Waals surface area contributed by atoms with E-state index in [1.165, 1.54) is 16.5 Å². The minimum absolute atomic E-state index is 0.700. The van der Waals surface area contributed by atoms with Crippen LogP contribution in [0.15, 0.2) is 30.5 Å². The SMILES string of the molecule is CCOCCn1ccc2ccc(CCN)cc21. The number of ether oxygens (including phenoxy) is 1. The molecule has 0 bridgehead atoms. The van der Waals surface area contributed by atoms with Gasteiger partial charge in [-0.15, -0.1) is 0 Å². The summed E-state index contributed by atoms with van der Waals surface area (Å²) in [5.74, 6) is 0. The van der Waals surface area contributed by atoms with Crippen molar-refractivity contribution in [2.24, 2.45) is 5.73 Å². The molecule has 0 atom stereocenters. The van der Waals surface area contributed by atoms with E-state index in [9.17, 15) is 0 Å². The number of nitrogens with zero attached hydrogens (tertiary/aromatic N) is 1. The summed E-state index contributed by atoms with van der Waals surface area (Å²) in [5.41, 5.74) is 8.17. The Bertz CT molecular complexity index is 476.